The van der Waals surface area contributed by atoms with Gasteiger partial charge in [0.25, 0.3) is 5.91 Å². The molecule has 0 aliphatic carbocycles. The van der Waals surface area contributed by atoms with Crippen LogP contribution < -0.4 is 0 Å². The average Bonchev–Trinajstić information content (AvgIpc) is 2.74. The van der Waals surface area contributed by atoms with E-state index in [2.05, 4.69) is 4.98 Å². The first kappa shape index (κ1) is 13.6. The lowest BCUT2D eigenvalue weighted by Crippen LogP contribution is -2.29. The summed E-state index contributed by atoms with van der Waals surface area (Å²) in [5, 5.41) is 10.9. The largest absolute Gasteiger partial charge is 0.481 e. The van der Waals surface area contributed by atoms with E-state index >= 15 is 0 Å². The number of hydrogen-bond donors (Lipinski definition) is 1. The Morgan fingerprint density at radius 2 is 2.29 bits per heavy atom. The molecule has 0 atom stereocenters. The number of aromatic nitrogens is 1. The van der Waals surface area contributed by atoms with Gasteiger partial charge in [0.2, 0.25) is 0 Å². The third kappa shape index (κ3) is 4.12. The molecule has 1 heterocycles. The van der Waals surface area contributed by atoms with Crippen molar-refractivity contribution in [1.82, 2.24) is 9.88 Å². The number of methoxy groups -OCH3 is 1. The van der Waals surface area contributed by atoms with Gasteiger partial charge < -0.3 is 14.7 Å². The highest BCUT2D eigenvalue weighted by Gasteiger charge is 2.15. The van der Waals surface area contributed by atoms with E-state index in [1.807, 2.05) is 0 Å². The van der Waals surface area contributed by atoms with Crippen LogP contribution in [0.3, 0.4) is 0 Å². The highest BCUT2D eigenvalue weighted by atomic mass is 32.1. The summed E-state index contributed by atoms with van der Waals surface area (Å²) in [6.45, 7) is 0.544. The maximum atomic E-state index is 11.8. The molecule has 94 valence electrons. The number of ether oxygens (including phenoxy) is 1. The van der Waals surface area contributed by atoms with Crippen molar-refractivity contribution in [2.24, 2.45) is 0 Å². The zero-order chi connectivity index (χ0) is 12.8. The van der Waals surface area contributed by atoms with E-state index in [1.54, 1.807) is 19.5 Å². The number of nitrogens with zero attached hydrogens (tertiary/aromatic N) is 2. The molecule has 1 amide bonds. The molecule has 0 unspecified atom stereocenters. The molecule has 17 heavy (non-hydrogen) atoms. The van der Waals surface area contributed by atoms with Crippen molar-refractivity contribution < 1.29 is 19.4 Å². The molecule has 1 rings (SSSR count). The van der Waals surface area contributed by atoms with Gasteiger partial charge in [0.1, 0.15) is 10.7 Å². The van der Waals surface area contributed by atoms with Crippen molar-refractivity contribution in [2.45, 2.75) is 13.0 Å². The summed E-state index contributed by atoms with van der Waals surface area (Å²) in [5.41, 5.74) is 0.329. The van der Waals surface area contributed by atoms with Gasteiger partial charge >= 0.3 is 5.97 Å². The van der Waals surface area contributed by atoms with Gasteiger partial charge in [0, 0.05) is 26.1 Å². The fraction of sp³-hybridized carbons (Fsp3) is 0.500. The second kappa shape index (κ2) is 6.31. The summed E-state index contributed by atoms with van der Waals surface area (Å²) in [6.07, 6.45) is -0.0721. The van der Waals surface area contributed by atoms with Gasteiger partial charge in [-0.1, -0.05) is 0 Å². The first-order valence-electron chi connectivity index (χ1n) is 4.95. The van der Waals surface area contributed by atoms with E-state index in [0.717, 1.165) is 5.01 Å². The second-order valence-electron chi connectivity index (χ2n) is 3.43. The van der Waals surface area contributed by atoms with Crippen molar-refractivity contribution in [3.05, 3.63) is 16.1 Å². The van der Waals surface area contributed by atoms with Crippen LogP contribution >= 0.6 is 11.3 Å². The summed E-state index contributed by atoms with van der Waals surface area (Å²) in [7, 11) is 3.11. The minimum atomic E-state index is -0.928. The molecule has 0 radical (unpaired) electrons. The average molecular weight is 258 g/mol. The van der Waals surface area contributed by atoms with E-state index in [0.29, 0.717) is 12.3 Å². The Bertz CT molecular complexity index is 405. The molecule has 1 aromatic heterocycles. The molecular formula is C10H14N2O4S. The molecule has 0 saturated carbocycles. The maximum Gasteiger partial charge on any atom is 0.305 e. The van der Waals surface area contributed by atoms with Gasteiger partial charge in [-0.15, -0.1) is 11.3 Å². The van der Waals surface area contributed by atoms with Crippen molar-refractivity contribution in [2.75, 3.05) is 20.7 Å². The SMILES string of the molecule is COCc1nc(C(=O)N(C)CCC(=O)O)cs1. The van der Waals surface area contributed by atoms with Crippen LogP contribution in [0.5, 0.6) is 0 Å². The molecule has 1 N–H and O–H groups in total. The summed E-state index contributed by atoms with van der Waals surface area (Å²) in [5.74, 6) is -1.20. The van der Waals surface area contributed by atoms with Crippen LogP contribution in [0.15, 0.2) is 5.38 Å². The van der Waals surface area contributed by atoms with Crippen LogP contribution in [-0.2, 0) is 16.1 Å². The Balaban J connectivity index is 2.58. The van der Waals surface area contributed by atoms with E-state index < -0.39 is 5.97 Å². The van der Waals surface area contributed by atoms with E-state index in [9.17, 15) is 9.59 Å². The number of carbonyl (C=O) groups excluding carboxylic acids is 1. The molecule has 0 spiro atoms. The number of thiazole rings is 1. The molecule has 0 aliphatic heterocycles. The molecule has 0 aliphatic rings. The minimum absolute atomic E-state index is 0.0721. The second-order valence-corrected chi connectivity index (χ2v) is 4.37. The molecule has 7 heteroatoms. The fourth-order valence-corrected chi connectivity index (χ4v) is 1.90. The number of carboxylic acids is 1. The van der Waals surface area contributed by atoms with E-state index in [4.69, 9.17) is 9.84 Å². The number of carboxylic acid groups (broad SMARTS) is 1. The van der Waals surface area contributed by atoms with Gasteiger partial charge in [-0.2, -0.15) is 0 Å². The summed E-state index contributed by atoms with van der Waals surface area (Å²) < 4.78 is 4.91. The smallest absolute Gasteiger partial charge is 0.305 e. The van der Waals surface area contributed by atoms with Crippen LogP contribution in [0.1, 0.15) is 21.9 Å². The lowest BCUT2D eigenvalue weighted by Gasteiger charge is -2.14. The van der Waals surface area contributed by atoms with Crippen LogP contribution in [0, 0.1) is 0 Å². The number of aliphatic carboxylic acids is 1. The molecule has 6 nitrogen and oxygen atoms in total. The Labute approximate surface area is 103 Å². The Morgan fingerprint density at radius 1 is 1.59 bits per heavy atom. The fourth-order valence-electron chi connectivity index (χ4n) is 1.16. The molecule has 0 bridgehead atoms. The summed E-state index contributed by atoms with van der Waals surface area (Å²) in [4.78, 5) is 27.6. The zero-order valence-electron chi connectivity index (χ0n) is 9.67. The standard InChI is InChI=1S/C10H14N2O4S/c1-12(4-3-9(13)14)10(15)7-6-17-8(11-7)5-16-2/h6H,3-5H2,1-2H3,(H,13,14). The highest BCUT2D eigenvalue weighted by molar-refractivity contribution is 7.09. The third-order valence-electron chi connectivity index (χ3n) is 2.05. The Kier molecular flexibility index (Phi) is 5.05. The van der Waals surface area contributed by atoms with Gasteiger partial charge in [0.05, 0.1) is 13.0 Å². The zero-order valence-corrected chi connectivity index (χ0v) is 10.5. The van der Waals surface area contributed by atoms with Crippen LogP contribution in [-0.4, -0.2) is 47.6 Å². The molecule has 0 saturated heterocycles. The third-order valence-corrected chi connectivity index (χ3v) is 2.87. The van der Waals surface area contributed by atoms with Gasteiger partial charge in [-0.25, -0.2) is 4.98 Å². The van der Waals surface area contributed by atoms with Crippen molar-refractivity contribution >= 4 is 23.2 Å². The normalized spacial score (nSPS) is 10.2. The quantitative estimate of drug-likeness (QED) is 0.817. The number of amides is 1. The lowest BCUT2D eigenvalue weighted by molar-refractivity contribution is -0.137. The number of rotatable bonds is 6. The molecule has 0 fully saturated rings. The number of carbonyl (C=O) groups is 2. The first-order chi connectivity index (χ1) is 8.04. The van der Waals surface area contributed by atoms with E-state index in [1.165, 1.54) is 16.2 Å². The van der Waals surface area contributed by atoms with Crippen LogP contribution in [0.4, 0.5) is 0 Å². The van der Waals surface area contributed by atoms with Crippen LogP contribution in [0.2, 0.25) is 0 Å². The van der Waals surface area contributed by atoms with Gasteiger partial charge in [-0.3, -0.25) is 9.59 Å². The van der Waals surface area contributed by atoms with E-state index in [-0.39, 0.29) is 18.9 Å². The molecule has 1 aromatic rings. The first-order valence-corrected chi connectivity index (χ1v) is 5.83. The predicted octanol–water partition coefficient (Wildman–Crippen LogP) is 0.836. The van der Waals surface area contributed by atoms with Crippen LogP contribution in [0.25, 0.3) is 0 Å². The van der Waals surface area contributed by atoms with Crippen molar-refractivity contribution in [1.29, 1.82) is 0 Å². The highest BCUT2D eigenvalue weighted by Crippen LogP contribution is 2.12. The summed E-state index contributed by atoms with van der Waals surface area (Å²) in [6, 6.07) is 0. The minimum Gasteiger partial charge on any atom is -0.481 e. The molecule has 0 aromatic carbocycles. The Hall–Kier alpha value is -1.47. The van der Waals surface area contributed by atoms with Crippen molar-refractivity contribution in [3.8, 4) is 0 Å². The van der Waals surface area contributed by atoms with Gasteiger partial charge in [-0.05, 0) is 0 Å². The lowest BCUT2D eigenvalue weighted by atomic mass is 10.3. The Morgan fingerprint density at radius 3 is 2.88 bits per heavy atom. The topological polar surface area (TPSA) is 79.7 Å². The summed E-state index contributed by atoms with van der Waals surface area (Å²) >= 11 is 1.34. The van der Waals surface area contributed by atoms with Gasteiger partial charge in [0.15, 0.2) is 0 Å². The monoisotopic (exact) mass is 258 g/mol. The predicted molar refractivity (Wildman–Crippen MR) is 62.0 cm³/mol. The number of hydrogen-bond acceptors (Lipinski definition) is 5. The van der Waals surface area contributed by atoms with Crippen molar-refractivity contribution in [3.63, 3.8) is 0 Å². The molecular weight excluding hydrogens is 244 g/mol. The maximum absolute atomic E-state index is 11.8.